The van der Waals surface area contributed by atoms with Gasteiger partial charge in [0, 0.05) is 19.2 Å². The zero-order chi connectivity index (χ0) is 13.7. The lowest BCUT2D eigenvalue weighted by Gasteiger charge is -2.15. The van der Waals surface area contributed by atoms with E-state index in [-0.39, 0.29) is 12.0 Å². The van der Waals surface area contributed by atoms with Gasteiger partial charge in [-0.15, -0.1) is 0 Å². The van der Waals surface area contributed by atoms with Gasteiger partial charge in [0.25, 0.3) is 5.91 Å². The molecule has 100 valence electrons. The highest BCUT2D eigenvalue weighted by atomic mass is 16.7. The van der Waals surface area contributed by atoms with Crippen LogP contribution in [0.1, 0.15) is 24.2 Å². The fourth-order valence-corrected chi connectivity index (χ4v) is 1.28. The molecule has 0 aromatic carbocycles. The van der Waals surface area contributed by atoms with Crippen molar-refractivity contribution < 1.29 is 19.1 Å². The smallest absolute Gasteiger partial charge is 0.277 e. The fourth-order valence-electron chi connectivity index (χ4n) is 1.28. The first-order chi connectivity index (χ1) is 8.47. The number of hydrogen-bond donors (Lipinski definition) is 0. The first-order valence-electron chi connectivity index (χ1n) is 5.52. The normalized spacial score (nSPS) is 10.3. The van der Waals surface area contributed by atoms with Gasteiger partial charge >= 0.3 is 0 Å². The lowest BCUT2D eigenvalue weighted by atomic mass is 10.2. The highest BCUT2D eigenvalue weighted by Gasteiger charge is 2.15. The maximum Gasteiger partial charge on any atom is 0.277 e. The first kappa shape index (κ1) is 14.2. The summed E-state index contributed by atoms with van der Waals surface area (Å²) in [4.78, 5) is 20.9. The number of hydrogen-bond acceptors (Lipinski definition) is 5. The van der Waals surface area contributed by atoms with E-state index in [1.54, 1.807) is 6.07 Å². The minimum absolute atomic E-state index is 0.0345. The summed E-state index contributed by atoms with van der Waals surface area (Å²) < 4.78 is 10.5. The summed E-state index contributed by atoms with van der Waals surface area (Å²) in [6.45, 7) is 3.76. The van der Waals surface area contributed by atoms with Crippen LogP contribution in [-0.4, -0.2) is 43.3 Å². The number of carbonyl (C=O) groups excluding carboxylic acids is 1. The molecule has 0 aliphatic rings. The van der Waals surface area contributed by atoms with Crippen LogP contribution in [0.25, 0.3) is 0 Å². The Hall–Kier alpha value is -1.82. The van der Waals surface area contributed by atoms with Crippen molar-refractivity contribution in [2.45, 2.75) is 20.0 Å². The number of rotatable bonds is 5. The van der Waals surface area contributed by atoms with Crippen molar-refractivity contribution >= 4 is 5.91 Å². The average molecular weight is 254 g/mol. The van der Waals surface area contributed by atoms with E-state index in [0.29, 0.717) is 17.3 Å². The van der Waals surface area contributed by atoms with Crippen molar-refractivity contribution in [3.63, 3.8) is 0 Å². The molecule has 0 N–H and O–H groups in total. The summed E-state index contributed by atoms with van der Waals surface area (Å²) in [5.41, 5.74) is 0.391. The summed E-state index contributed by atoms with van der Waals surface area (Å²) in [6, 6.07) is 3.09. The highest BCUT2D eigenvalue weighted by Crippen LogP contribution is 2.19. The van der Waals surface area contributed by atoms with Crippen molar-refractivity contribution in [1.82, 2.24) is 10.0 Å². The van der Waals surface area contributed by atoms with Crippen LogP contribution in [0.15, 0.2) is 12.1 Å². The van der Waals surface area contributed by atoms with Crippen molar-refractivity contribution in [2.24, 2.45) is 0 Å². The average Bonchev–Trinajstić information content (AvgIpc) is 2.35. The van der Waals surface area contributed by atoms with Crippen LogP contribution in [0, 0.1) is 0 Å². The predicted octanol–water partition coefficient (Wildman–Crippen LogP) is 1.51. The van der Waals surface area contributed by atoms with Crippen LogP contribution in [0.2, 0.25) is 0 Å². The number of aromatic nitrogens is 1. The van der Waals surface area contributed by atoms with E-state index in [1.807, 2.05) is 13.8 Å². The lowest BCUT2D eigenvalue weighted by Crippen LogP contribution is -2.25. The van der Waals surface area contributed by atoms with E-state index in [2.05, 4.69) is 4.98 Å². The molecule has 6 heteroatoms. The molecule has 0 bridgehead atoms. The maximum atomic E-state index is 11.9. The van der Waals surface area contributed by atoms with Gasteiger partial charge in [-0.1, -0.05) is 0 Å². The molecule has 0 saturated heterocycles. The van der Waals surface area contributed by atoms with E-state index in [9.17, 15) is 4.79 Å². The predicted molar refractivity (Wildman–Crippen MR) is 65.7 cm³/mol. The number of pyridine rings is 1. The molecule has 1 amide bonds. The van der Waals surface area contributed by atoms with Crippen LogP contribution in [-0.2, 0) is 4.84 Å². The third-order valence-electron chi connectivity index (χ3n) is 2.15. The van der Waals surface area contributed by atoms with E-state index in [1.165, 1.54) is 27.3 Å². The second-order valence-corrected chi connectivity index (χ2v) is 3.89. The topological polar surface area (TPSA) is 60.9 Å². The largest absolute Gasteiger partial charge is 0.481 e. The number of amides is 1. The molecule has 1 heterocycles. The molecule has 0 unspecified atom stereocenters. The summed E-state index contributed by atoms with van der Waals surface area (Å²) in [5, 5.41) is 1.12. The molecule has 0 spiro atoms. The minimum atomic E-state index is -0.299. The third-order valence-corrected chi connectivity index (χ3v) is 2.15. The monoisotopic (exact) mass is 254 g/mol. The second kappa shape index (κ2) is 6.20. The Morgan fingerprint density at radius 2 is 1.89 bits per heavy atom. The van der Waals surface area contributed by atoms with Crippen LogP contribution in [0.3, 0.4) is 0 Å². The van der Waals surface area contributed by atoms with Gasteiger partial charge in [-0.3, -0.25) is 9.63 Å². The Morgan fingerprint density at radius 3 is 2.39 bits per heavy atom. The number of methoxy groups -OCH3 is 1. The molecule has 0 atom stereocenters. The zero-order valence-corrected chi connectivity index (χ0v) is 11.3. The van der Waals surface area contributed by atoms with Crippen LogP contribution >= 0.6 is 0 Å². The number of nitrogens with zero attached hydrogens (tertiary/aromatic N) is 2. The van der Waals surface area contributed by atoms with E-state index in [4.69, 9.17) is 14.3 Å². The summed E-state index contributed by atoms with van der Waals surface area (Å²) >= 11 is 0. The molecular weight excluding hydrogens is 236 g/mol. The van der Waals surface area contributed by atoms with E-state index >= 15 is 0 Å². The van der Waals surface area contributed by atoms with Crippen LogP contribution in [0.5, 0.6) is 11.8 Å². The molecule has 1 aromatic heterocycles. The van der Waals surface area contributed by atoms with Crippen molar-refractivity contribution in [2.75, 3.05) is 21.3 Å². The SMILES string of the molecule is COc1cc(C(=O)N(C)OC)cc(OC(C)C)n1. The Balaban J connectivity index is 3.07. The van der Waals surface area contributed by atoms with Gasteiger partial charge in [0.15, 0.2) is 0 Å². The Labute approximate surface area is 106 Å². The fraction of sp³-hybridized carbons (Fsp3) is 0.500. The zero-order valence-electron chi connectivity index (χ0n) is 11.3. The third kappa shape index (κ3) is 3.59. The second-order valence-electron chi connectivity index (χ2n) is 3.89. The number of hydroxylamine groups is 2. The van der Waals surface area contributed by atoms with Crippen LogP contribution < -0.4 is 9.47 Å². The lowest BCUT2D eigenvalue weighted by molar-refractivity contribution is -0.0757. The summed E-state index contributed by atoms with van der Waals surface area (Å²) in [6.07, 6.45) is -0.0345. The van der Waals surface area contributed by atoms with Gasteiger partial charge in [0.1, 0.15) is 0 Å². The van der Waals surface area contributed by atoms with Gasteiger partial charge in [-0.2, -0.15) is 4.98 Å². The first-order valence-corrected chi connectivity index (χ1v) is 5.52. The molecule has 6 nitrogen and oxygen atoms in total. The van der Waals surface area contributed by atoms with E-state index < -0.39 is 0 Å². The molecule has 1 rings (SSSR count). The van der Waals surface area contributed by atoms with Gasteiger partial charge in [-0.25, -0.2) is 5.06 Å². The molecule has 0 radical (unpaired) electrons. The van der Waals surface area contributed by atoms with Gasteiger partial charge in [0.05, 0.1) is 25.9 Å². The highest BCUT2D eigenvalue weighted by molar-refractivity contribution is 5.93. The van der Waals surface area contributed by atoms with E-state index in [0.717, 1.165) is 5.06 Å². The maximum absolute atomic E-state index is 11.9. The quantitative estimate of drug-likeness (QED) is 0.745. The Morgan fingerprint density at radius 1 is 1.28 bits per heavy atom. The van der Waals surface area contributed by atoms with Gasteiger partial charge in [-0.05, 0) is 13.8 Å². The van der Waals surface area contributed by atoms with Crippen molar-refractivity contribution in [3.8, 4) is 11.8 Å². The number of ether oxygens (including phenoxy) is 2. The summed E-state index contributed by atoms with van der Waals surface area (Å²) in [5.74, 6) is 0.366. The van der Waals surface area contributed by atoms with Crippen molar-refractivity contribution in [3.05, 3.63) is 17.7 Å². The summed E-state index contributed by atoms with van der Waals surface area (Å²) in [7, 11) is 4.43. The van der Waals surface area contributed by atoms with Gasteiger partial charge < -0.3 is 9.47 Å². The molecule has 0 fully saturated rings. The molecular formula is C12H18N2O4. The Kier molecular flexibility index (Phi) is 4.91. The molecule has 1 aromatic rings. The molecule has 0 aliphatic heterocycles. The molecule has 0 aliphatic carbocycles. The standard InChI is InChI=1S/C12H18N2O4/c1-8(2)18-11-7-9(6-10(13-11)16-4)12(15)14(3)17-5/h6-8H,1-5H3. The Bertz CT molecular complexity index is 421. The minimum Gasteiger partial charge on any atom is -0.481 e. The molecule has 18 heavy (non-hydrogen) atoms. The molecule has 0 saturated carbocycles. The van der Waals surface area contributed by atoms with Gasteiger partial charge in [0.2, 0.25) is 11.8 Å². The van der Waals surface area contributed by atoms with Crippen molar-refractivity contribution in [1.29, 1.82) is 0 Å². The number of carbonyl (C=O) groups is 1. The van der Waals surface area contributed by atoms with Crippen LogP contribution in [0.4, 0.5) is 0 Å².